The summed E-state index contributed by atoms with van der Waals surface area (Å²) in [7, 11) is 1.76. The van der Waals surface area contributed by atoms with Crippen LogP contribution in [0, 0.1) is 5.41 Å². The molecule has 116 valence electrons. The molecule has 0 spiro atoms. The summed E-state index contributed by atoms with van der Waals surface area (Å²) in [5.41, 5.74) is -0.0322. The molecule has 2 rings (SSSR count). The van der Waals surface area contributed by atoms with Gasteiger partial charge in [-0.2, -0.15) is 0 Å². The van der Waals surface area contributed by atoms with Crippen molar-refractivity contribution in [3.05, 3.63) is 0 Å². The maximum absolute atomic E-state index is 12.8. The third-order valence-corrected chi connectivity index (χ3v) is 5.16. The molecule has 1 heterocycles. The van der Waals surface area contributed by atoms with Crippen molar-refractivity contribution < 1.29 is 9.53 Å². The second-order valence-corrected chi connectivity index (χ2v) is 6.81. The van der Waals surface area contributed by atoms with E-state index in [0.29, 0.717) is 11.3 Å². The van der Waals surface area contributed by atoms with Gasteiger partial charge in [0, 0.05) is 20.3 Å². The predicted molar refractivity (Wildman–Crippen MR) is 80.4 cm³/mol. The van der Waals surface area contributed by atoms with E-state index in [4.69, 9.17) is 4.74 Å². The number of carbonyl (C=O) groups excluding carboxylic acids is 1. The maximum Gasteiger partial charge on any atom is 0.243 e. The van der Waals surface area contributed by atoms with Gasteiger partial charge in [-0.25, -0.2) is 0 Å². The number of hydrogen-bond donors (Lipinski definition) is 1. The molecule has 2 atom stereocenters. The molecule has 0 bridgehead atoms. The third-order valence-electron chi connectivity index (χ3n) is 5.16. The lowest BCUT2D eigenvalue weighted by molar-refractivity contribution is -0.133. The van der Waals surface area contributed by atoms with E-state index in [2.05, 4.69) is 24.1 Å². The first-order valence-electron chi connectivity index (χ1n) is 8.08. The Morgan fingerprint density at radius 3 is 2.60 bits per heavy atom. The monoisotopic (exact) mass is 282 g/mol. The largest absolute Gasteiger partial charge is 0.385 e. The van der Waals surface area contributed by atoms with Crippen LogP contribution in [0.4, 0.5) is 0 Å². The van der Waals surface area contributed by atoms with Gasteiger partial charge in [0.05, 0.1) is 11.7 Å². The number of methoxy groups -OCH3 is 1. The Morgan fingerprint density at radius 2 is 2.10 bits per heavy atom. The van der Waals surface area contributed by atoms with Crippen molar-refractivity contribution in [1.29, 1.82) is 0 Å². The Kier molecular flexibility index (Phi) is 4.75. The molecular weight excluding hydrogens is 252 g/mol. The van der Waals surface area contributed by atoms with Gasteiger partial charge in [-0.3, -0.25) is 10.1 Å². The molecule has 1 saturated carbocycles. The normalized spacial score (nSPS) is 31.9. The van der Waals surface area contributed by atoms with Crippen LogP contribution in [0.25, 0.3) is 0 Å². The first kappa shape index (κ1) is 15.8. The van der Waals surface area contributed by atoms with Gasteiger partial charge in [-0.1, -0.05) is 20.3 Å². The van der Waals surface area contributed by atoms with Crippen LogP contribution in [0.3, 0.4) is 0 Å². The van der Waals surface area contributed by atoms with E-state index in [1.807, 2.05) is 6.92 Å². The maximum atomic E-state index is 12.8. The molecule has 20 heavy (non-hydrogen) atoms. The summed E-state index contributed by atoms with van der Waals surface area (Å²) >= 11 is 0. The average molecular weight is 282 g/mol. The molecule has 4 nitrogen and oxygen atoms in total. The fourth-order valence-electron chi connectivity index (χ4n) is 3.25. The van der Waals surface area contributed by atoms with E-state index in [9.17, 15) is 4.79 Å². The van der Waals surface area contributed by atoms with Gasteiger partial charge in [-0.05, 0) is 44.4 Å². The second-order valence-electron chi connectivity index (χ2n) is 6.81. The number of nitrogens with zero attached hydrogens (tertiary/aromatic N) is 1. The Hall–Kier alpha value is -0.610. The van der Waals surface area contributed by atoms with E-state index >= 15 is 0 Å². The quantitative estimate of drug-likeness (QED) is 0.744. The topological polar surface area (TPSA) is 41.6 Å². The molecule has 4 heteroatoms. The minimum Gasteiger partial charge on any atom is -0.385 e. The molecule has 1 aliphatic heterocycles. The van der Waals surface area contributed by atoms with Crippen molar-refractivity contribution in [2.45, 2.75) is 71.0 Å². The summed E-state index contributed by atoms with van der Waals surface area (Å²) in [5, 5.41) is 3.57. The van der Waals surface area contributed by atoms with Crippen molar-refractivity contribution in [2.75, 3.05) is 20.3 Å². The number of nitrogens with one attached hydrogen (secondary N) is 1. The Labute approximate surface area is 123 Å². The summed E-state index contributed by atoms with van der Waals surface area (Å²) in [5.74, 6) is 0.294. The van der Waals surface area contributed by atoms with Crippen LogP contribution in [0.2, 0.25) is 0 Å². The summed E-state index contributed by atoms with van der Waals surface area (Å²) in [4.78, 5) is 14.9. The first-order valence-corrected chi connectivity index (χ1v) is 8.08. The predicted octanol–water partition coefficient (Wildman–Crippen LogP) is 2.53. The van der Waals surface area contributed by atoms with Crippen LogP contribution in [0.5, 0.6) is 0 Å². The highest BCUT2D eigenvalue weighted by atomic mass is 16.5. The minimum absolute atomic E-state index is 0.220. The van der Waals surface area contributed by atoms with Crippen molar-refractivity contribution in [1.82, 2.24) is 10.2 Å². The van der Waals surface area contributed by atoms with E-state index in [1.54, 1.807) is 7.11 Å². The van der Waals surface area contributed by atoms with Gasteiger partial charge in [0.1, 0.15) is 0 Å². The van der Waals surface area contributed by atoms with Crippen LogP contribution in [0.15, 0.2) is 0 Å². The number of hydrogen-bond acceptors (Lipinski definition) is 3. The van der Waals surface area contributed by atoms with Gasteiger partial charge < -0.3 is 9.64 Å². The zero-order valence-corrected chi connectivity index (χ0v) is 13.5. The fraction of sp³-hybridized carbons (Fsp3) is 0.938. The summed E-state index contributed by atoms with van der Waals surface area (Å²) in [6.45, 7) is 8.03. The number of amides is 1. The number of ether oxygens (including phenoxy) is 1. The molecule has 1 amide bonds. The summed E-state index contributed by atoms with van der Waals surface area (Å²) in [6.07, 6.45) is 6.78. The summed E-state index contributed by atoms with van der Waals surface area (Å²) < 4.78 is 5.23. The number of carbonyl (C=O) groups is 1. The molecule has 0 aromatic heterocycles. The van der Waals surface area contributed by atoms with Crippen LogP contribution in [0.1, 0.15) is 59.3 Å². The molecule has 1 aliphatic carbocycles. The van der Waals surface area contributed by atoms with Gasteiger partial charge in [0.2, 0.25) is 5.91 Å². The lowest BCUT2D eigenvalue weighted by Gasteiger charge is -2.28. The Balaban J connectivity index is 2.05. The van der Waals surface area contributed by atoms with Crippen molar-refractivity contribution in [2.24, 2.45) is 5.41 Å². The highest BCUT2D eigenvalue weighted by Gasteiger charge is 2.51. The highest BCUT2D eigenvalue weighted by Crippen LogP contribution is 2.50. The molecule has 0 aromatic carbocycles. The molecule has 0 radical (unpaired) electrons. The van der Waals surface area contributed by atoms with Crippen LogP contribution >= 0.6 is 0 Å². The number of rotatable bonds is 8. The Morgan fingerprint density at radius 1 is 1.40 bits per heavy atom. The minimum atomic E-state index is -0.364. The SMILES string of the molecule is CCCC1NC(C)(CC)C(=O)N1CC1(CCOC)CC1. The van der Waals surface area contributed by atoms with Gasteiger partial charge in [0.15, 0.2) is 0 Å². The Bertz CT molecular complexity index is 354. The molecule has 2 unspecified atom stereocenters. The second kappa shape index (κ2) is 6.02. The van der Waals surface area contributed by atoms with E-state index in [-0.39, 0.29) is 11.7 Å². The van der Waals surface area contributed by atoms with Crippen molar-refractivity contribution in [3.63, 3.8) is 0 Å². The molecule has 1 N–H and O–H groups in total. The van der Waals surface area contributed by atoms with Gasteiger partial charge in [-0.15, -0.1) is 0 Å². The smallest absolute Gasteiger partial charge is 0.243 e. The van der Waals surface area contributed by atoms with Crippen LogP contribution in [-0.4, -0.2) is 42.8 Å². The van der Waals surface area contributed by atoms with Crippen LogP contribution < -0.4 is 5.32 Å². The van der Waals surface area contributed by atoms with Gasteiger partial charge in [0.25, 0.3) is 0 Å². The summed E-state index contributed by atoms with van der Waals surface area (Å²) in [6, 6.07) is 0. The standard InChI is InChI=1S/C16H30N2O2/c1-5-7-13-17-15(3,6-2)14(19)18(13)12-16(8-9-16)10-11-20-4/h13,17H,5-12H2,1-4H3. The third kappa shape index (κ3) is 3.01. The van der Waals surface area contributed by atoms with E-state index in [0.717, 1.165) is 38.8 Å². The molecule has 1 saturated heterocycles. The van der Waals surface area contributed by atoms with Crippen molar-refractivity contribution >= 4 is 5.91 Å². The lowest BCUT2D eigenvalue weighted by atomic mass is 9.98. The molecular formula is C16H30N2O2. The van der Waals surface area contributed by atoms with Crippen molar-refractivity contribution in [3.8, 4) is 0 Å². The van der Waals surface area contributed by atoms with E-state index < -0.39 is 0 Å². The van der Waals surface area contributed by atoms with Crippen LogP contribution in [-0.2, 0) is 9.53 Å². The fourth-order valence-corrected chi connectivity index (χ4v) is 3.25. The van der Waals surface area contributed by atoms with Gasteiger partial charge >= 0.3 is 0 Å². The zero-order valence-electron chi connectivity index (χ0n) is 13.5. The molecule has 0 aromatic rings. The zero-order chi connectivity index (χ0) is 14.8. The lowest BCUT2D eigenvalue weighted by Crippen LogP contribution is -2.43. The average Bonchev–Trinajstić information content (AvgIpc) is 3.17. The van der Waals surface area contributed by atoms with E-state index in [1.165, 1.54) is 12.8 Å². The highest BCUT2D eigenvalue weighted by molar-refractivity contribution is 5.88. The first-order chi connectivity index (χ1) is 9.50. The molecule has 2 aliphatic rings. The molecule has 2 fully saturated rings.